The van der Waals surface area contributed by atoms with Crippen molar-refractivity contribution in [1.82, 2.24) is 9.97 Å². The Morgan fingerprint density at radius 3 is 1.82 bits per heavy atom. The van der Waals surface area contributed by atoms with E-state index in [4.69, 9.17) is 9.97 Å². The van der Waals surface area contributed by atoms with E-state index in [2.05, 4.69) is 50.5 Å². The SMILES string of the molecule is CCCCCCC[C@H]1CC[C@H](c2cnc(-c3ccc([C@H]4CC[C@H](CC)CC4)cc3)nc2)CC1. The van der Waals surface area contributed by atoms with Crippen LogP contribution in [0.3, 0.4) is 0 Å². The second kappa shape index (κ2) is 12.7. The summed E-state index contributed by atoms with van der Waals surface area (Å²) < 4.78 is 0. The van der Waals surface area contributed by atoms with Gasteiger partial charge in [-0.15, -0.1) is 0 Å². The Morgan fingerprint density at radius 1 is 0.636 bits per heavy atom. The number of hydrogen-bond acceptors (Lipinski definition) is 2. The predicted octanol–water partition coefficient (Wildman–Crippen LogP) is 9.46. The first-order valence-corrected chi connectivity index (χ1v) is 14.2. The highest BCUT2D eigenvalue weighted by Gasteiger charge is 2.23. The van der Waals surface area contributed by atoms with Crippen molar-refractivity contribution in [2.24, 2.45) is 11.8 Å². The Hall–Kier alpha value is -1.70. The molecule has 0 radical (unpaired) electrons. The highest BCUT2D eigenvalue weighted by Crippen LogP contribution is 2.39. The molecule has 1 heterocycles. The molecule has 4 rings (SSSR count). The lowest BCUT2D eigenvalue weighted by Crippen LogP contribution is -2.14. The second-order valence-electron chi connectivity index (χ2n) is 11.0. The van der Waals surface area contributed by atoms with Gasteiger partial charge in [0.05, 0.1) is 0 Å². The molecule has 2 saturated carbocycles. The van der Waals surface area contributed by atoms with Crippen LogP contribution in [0.25, 0.3) is 11.4 Å². The van der Waals surface area contributed by atoms with Crippen molar-refractivity contribution in [2.75, 3.05) is 0 Å². The lowest BCUT2D eigenvalue weighted by molar-refractivity contribution is 0.301. The Morgan fingerprint density at radius 2 is 1.21 bits per heavy atom. The van der Waals surface area contributed by atoms with Gasteiger partial charge in [0.1, 0.15) is 0 Å². The van der Waals surface area contributed by atoms with Crippen LogP contribution in [-0.2, 0) is 0 Å². The van der Waals surface area contributed by atoms with Gasteiger partial charge < -0.3 is 0 Å². The lowest BCUT2D eigenvalue weighted by atomic mass is 9.77. The maximum atomic E-state index is 4.77. The van der Waals surface area contributed by atoms with Crippen molar-refractivity contribution in [3.63, 3.8) is 0 Å². The van der Waals surface area contributed by atoms with E-state index in [0.29, 0.717) is 5.92 Å². The van der Waals surface area contributed by atoms with Gasteiger partial charge in [-0.25, -0.2) is 9.97 Å². The topological polar surface area (TPSA) is 25.8 Å². The summed E-state index contributed by atoms with van der Waals surface area (Å²) in [5.41, 5.74) is 4.01. The van der Waals surface area contributed by atoms with Gasteiger partial charge in [0, 0.05) is 18.0 Å². The van der Waals surface area contributed by atoms with Crippen molar-refractivity contribution >= 4 is 0 Å². The molecule has 0 saturated heterocycles. The molecule has 2 fully saturated rings. The van der Waals surface area contributed by atoms with Crippen molar-refractivity contribution < 1.29 is 0 Å². The quantitative estimate of drug-likeness (QED) is 0.340. The van der Waals surface area contributed by atoms with Crippen molar-refractivity contribution in [3.05, 3.63) is 47.8 Å². The minimum atomic E-state index is 0.663. The standard InChI is InChI=1S/C31H46N2/c1-3-5-6-7-8-9-25-12-16-28(17-13-25)30-22-32-31(33-23-30)29-20-18-27(19-21-29)26-14-10-24(4-2)11-15-26/h18-26,28H,3-17H2,1-2H3/t24-,25-,26-,28-. The maximum absolute atomic E-state index is 4.77. The van der Waals surface area contributed by atoms with E-state index in [1.165, 1.54) is 107 Å². The molecule has 2 aliphatic carbocycles. The normalized spacial score (nSPS) is 25.8. The summed E-state index contributed by atoms with van der Waals surface area (Å²) in [6, 6.07) is 9.13. The van der Waals surface area contributed by atoms with Crippen LogP contribution in [0.4, 0.5) is 0 Å². The molecule has 33 heavy (non-hydrogen) atoms. The Labute approximate surface area is 203 Å². The van der Waals surface area contributed by atoms with Gasteiger partial charge in [-0.1, -0.05) is 83.1 Å². The predicted molar refractivity (Wildman–Crippen MR) is 141 cm³/mol. The molecule has 0 spiro atoms. The van der Waals surface area contributed by atoms with Crippen molar-refractivity contribution in [1.29, 1.82) is 0 Å². The van der Waals surface area contributed by atoms with Crippen LogP contribution in [0, 0.1) is 11.8 Å². The third-order valence-electron chi connectivity index (χ3n) is 8.77. The van der Waals surface area contributed by atoms with E-state index in [-0.39, 0.29) is 0 Å². The number of benzene rings is 1. The summed E-state index contributed by atoms with van der Waals surface area (Å²) in [5.74, 6) is 4.20. The fourth-order valence-corrected chi connectivity index (χ4v) is 6.33. The van der Waals surface area contributed by atoms with Gasteiger partial charge in [0.25, 0.3) is 0 Å². The van der Waals surface area contributed by atoms with Gasteiger partial charge in [0.2, 0.25) is 0 Å². The van der Waals surface area contributed by atoms with Crippen LogP contribution >= 0.6 is 0 Å². The number of unbranched alkanes of at least 4 members (excludes halogenated alkanes) is 4. The molecular weight excluding hydrogens is 400 g/mol. The summed E-state index contributed by atoms with van der Waals surface area (Å²) in [7, 11) is 0. The third-order valence-corrected chi connectivity index (χ3v) is 8.77. The molecule has 2 heteroatoms. The smallest absolute Gasteiger partial charge is 0.159 e. The van der Waals surface area contributed by atoms with Crippen molar-refractivity contribution in [3.8, 4) is 11.4 Å². The molecule has 0 amide bonds. The van der Waals surface area contributed by atoms with Gasteiger partial charge >= 0.3 is 0 Å². The molecule has 0 N–H and O–H groups in total. The Balaban J connectivity index is 1.25. The zero-order valence-electron chi connectivity index (χ0n) is 21.3. The first-order valence-electron chi connectivity index (χ1n) is 14.2. The summed E-state index contributed by atoms with van der Waals surface area (Å²) >= 11 is 0. The Bertz CT molecular complexity index is 794. The van der Waals surface area contributed by atoms with E-state index < -0.39 is 0 Å². The van der Waals surface area contributed by atoms with Crippen LogP contribution in [0.1, 0.15) is 133 Å². The zero-order chi connectivity index (χ0) is 22.9. The first-order chi connectivity index (χ1) is 16.3. The average Bonchev–Trinajstić information content (AvgIpc) is 2.89. The second-order valence-corrected chi connectivity index (χ2v) is 11.0. The average molecular weight is 447 g/mol. The monoisotopic (exact) mass is 446 g/mol. The minimum absolute atomic E-state index is 0.663. The number of hydrogen-bond donors (Lipinski definition) is 0. The fraction of sp³-hybridized carbons (Fsp3) is 0.677. The molecule has 2 aliphatic rings. The summed E-state index contributed by atoms with van der Waals surface area (Å²) in [6.45, 7) is 4.64. The van der Waals surface area contributed by atoms with E-state index >= 15 is 0 Å². The van der Waals surface area contributed by atoms with Crippen LogP contribution in [0.2, 0.25) is 0 Å². The molecule has 0 aliphatic heterocycles. The highest BCUT2D eigenvalue weighted by atomic mass is 14.9. The largest absolute Gasteiger partial charge is 0.236 e. The summed E-state index contributed by atoms with van der Waals surface area (Å²) in [5, 5.41) is 0. The van der Waals surface area contributed by atoms with Gasteiger partial charge in [-0.2, -0.15) is 0 Å². The van der Waals surface area contributed by atoms with Crippen LogP contribution in [-0.4, -0.2) is 9.97 Å². The Kier molecular flexibility index (Phi) is 9.38. The number of rotatable bonds is 10. The van der Waals surface area contributed by atoms with E-state index in [9.17, 15) is 0 Å². The van der Waals surface area contributed by atoms with Crippen molar-refractivity contribution in [2.45, 2.75) is 122 Å². The molecule has 2 nitrogen and oxygen atoms in total. The minimum Gasteiger partial charge on any atom is -0.236 e. The van der Waals surface area contributed by atoms with E-state index in [0.717, 1.165) is 29.1 Å². The molecule has 1 aromatic heterocycles. The zero-order valence-corrected chi connectivity index (χ0v) is 21.3. The first kappa shape index (κ1) is 24.4. The molecule has 2 aromatic rings. The van der Waals surface area contributed by atoms with Gasteiger partial charge in [-0.3, -0.25) is 0 Å². The van der Waals surface area contributed by atoms with Gasteiger partial charge in [0.15, 0.2) is 5.82 Å². The molecule has 0 unspecified atom stereocenters. The molecular formula is C31H46N2. The fourth-order valence-electron chi connectivity index (χ4n) is 6.33. The highest BCUT2D eigenvalue weighted by molar-refractivity contribution is 5.55. The van der Waals surface area contributed by atoms with Crippen LogP contribution in [0.15, 0.2) is 36.7 Å². The summed E-state index contributed by atoms with van der Waals surface area (Å²) in [6.07, 6.45) is 25.0. The number of aromatic nitrogens is 2. The van der Waals surface area contributed by atoms with E-state index in [1.54, 1.807) is 0 Å². The summed E-state index contributed by atoms with van der Waals surface area (Å²) in [4.78, 5) is 9.55. The van der Waals surface area contributed by atoms with Gasteiger partial charge in [-0.05, 0) is 86.2 Å². The van der Waals surface area contributed by atoms with Crippen LogP contribution in [0.5, 0.6) is 0 Å². The van der Waals surface area contributed by atoms with E-state index in [1.807, 2.05) is 0 Å². The number of nitrogens with zero attached hydrogens (tertiary/aromatic N) is 2. The third kappa shape index (κ3) is 6.90. The van der Waals surface area contributed by atoms with Crippen LogP contribution < -0.4 is 0 Å². The molecule has 0 bridgehead atoms. The maximum Gasteiger partial charge on any atom is 0.159 e. The lowest BCUT2D eigenvalue weighted by Gasteiger charge is -2.28. The molecule has 180 valence electrons. The molecule has 0 atom stereocenters. The molecule has 1 aromatic carbocycles.